The zero-order chi connectivity index (χ0) is 14.7. The molecule has 1 aromatic carbocycles. The zero-order valence-corrected chi connectivity index (χ0v) is 11.8. The minimum atomic E-state index is -0.611. The third-order valence-electron chi connectivity index (χ3n) is 3.63. The maximum Gasteiger partial charge on any atom is 0.0992 e. The highest BCUT2D eigenvalue weighted by molar-refractivity contribution is 5.59. The van der Waals surface area contributed by atoms with Gasteiger partial charge in [-0.1, -0.05) is 6.07 Å². The molecule has 1 aromatic rings. The van der Waals surface area contributed by atoms with Crippen LogP contribution in [0, 0.1) is 11.3 Å². The Labute approximate surface area is 119 Å². The van der Waals surface area contributed by atoms with Crippen LogP contribution in [0.1, 0.15) is 31.1 Å². The van der Waals surface area contributed by atoms with E-state index in [1.54, 1.807) is 25.1 Å². The smallest absolute Gasteiger partial charge is 0.0992 e. The quantitative estimate of drug-likeness (QED) is 0.867. The zero-order valence-electron chi connectivity index (χ0n) is 11.8. The van der Waals surface area contributed by atoms with Crippen LogP contribution in [0.25, 0.3) is 0 Å². The number of aliphatic hydroxyl groups is 2. The van der Waals surface area contributed by atoms with Crippen LogP contribution in [-0.4, -0.2) is 42.1 Å². The molecule has 2 N–H and O–H groups in total. The van der Waals surface area contributed by atoms with E-state index in [1.807, 2.05) is 6.92 Å². The Kier molecular flexibility index (Phi) is 4.61. The minimum absolute atomic E-state index is 0.0365. The molecule has 1 fully saturated rings. The Hall–Kier alpha value is -1.61. The van der Waals surface area contributed by atoms with Gasteiger partial charge in [0.1, 0.15) is 0 Å². The molecule has 1 heterocycles. The van der Waals surface area contributed by atoms with E-state index in [2.05, 4.69) is 11.0 Å². The van der Waals surface area contributed by atoms with Gasteiger partial charge in [-0.3, -0.25) is 0 Å². The molecule has 2 rings (SSSR count). The van der Waals surface area contributed by atoms with Crippen LogP contribution in [0.3, 0.4) is 0 Å². The maximum absolute atomic E-state index is 9.92. The molecular weight excluding hydrogens is 256 g/mol. The number of hydrogen-bond donors (Lipinski definition) is 2. The van der Waals surface area contributed by atoms with Crippen molar-refractivity contribution in [1.29, 1.82) is 5.26 Å². The second-order valence-corrected chi connectivity index (χ2v) is 5.20. The molecule has 0 radical (unpaired) electrons. The van der Waals surface area contributed by atoms with Gasteiger partial charge in [-0.2, -0.15) is 5.26 Å². The van der Waals surface area contributed by atoms with E-state index in [1.165, 1.54) is 0 Å². The van der Waals surface area contributed by atoms with Crippen LogP contribution in [0.15, 0.2) is 18.2 Å². The van der Waals surface area contributed by atoms with E-state index < -0.39 is 6.10 Å². The number of morpholine rings is 1. The molecule has 0 saturated carbocycles. The molecule has 1 aliphatic rings. The fourth-order valence-electron chi connectivity index (χ4n) is 2.48. The monoisotopic (exact) mass is 276 g/mol. The molecule has 20 heavy (non-hydrogen) atoms. The first-order chi connectivity index (χ1) is 9.56. The standard InChI is InChI=1S/C15H20N2O3/c1-10-9-20-13(8-18)7-17(10)15-5-12(6-16)3-4-14(15)11(2)19/h3-5,10-11,13,18-19H,7-9H2,1-2H3/t10?,11-,13?/m1/s1. The topological polar surface area (TPSA) is 76.7 Å². The van der Waals surface area contributed by atoms with Gasteiger partial charge in [0, 0.05) is 23.8 Å². The van der Waals surface area contributed by atoms with E-state index in [0.29, 0.717) is 18.7 Å². The van der Waals surface area contributed by atoms with Crippen LogP contribution in [0.5, 0.6) is 0 Å². The first-order valence-corrected chi connectivity index (χ1v) is 6.78. The van der Waals surface area contributed by atoms with Gasteiger partial charge >= 0.3 is 0 Å². The number of nitrogens with zero attached hydrogens (tertiary/aromatic N) is 2. The van der Waals surface area contributed by atoms with Gasteiger partial charge in [0.05, 0.1) is 37.1 Å². The molecule has 0 aliphatic carbocycles. The number of benzene rings is 1. The Bertz CT molecular complexity index is 510. The van der Waals surface area contributed by atoms with Crippen molar-refractivity contribution in [2.24, 2.45) is 0 Å². The highest BCUT2D eigenvalue weighted by atomic mass is 16.5. The van der Waals surface area contributed by atoms with Gasteiger partial charge in [0.2, 0.25) is 0 Å². The Morgan fingerprint density at radius 3 is 2.90 bits per heavy atom. The Morgan fingerprint density at radius 2 is 2.30 bits per heavy atom. The highest BCUT2D eigenvalue weighted by Gasteiger charge is 2.28. The molecule has 2 unspecified atom stereocenters. The SMILES string of the molecule is CC1COC(CO)CN1c1cc(C#N)ccc1[C@@H](C)O. The van der Waals surface area contributed by atoms with Gasteiger partial charge in [0.15, 0.2) is 0 Å². The third kappa shape index (κ3) is 2.93. The van der Waals surface area contributed by atoms with Crippen LogP contribution < -0.4 is 4.90 Å². The lowest BCUT2D eigenvalue weighted by atomic mass is 10.0. The van der Waals surface area contributed by atoms with Gasteiger partial charge in [-0.05, 0) is 26.0 Å². The fraction of sp³-hybridized carbons (Fsp3) is 0.533. The Balaban J connectivity index is 2.40. The number of ether oxygens (including phenoxy) is 1. The van der Waals surface area contributed by atoms with Crippen molar-refractivity contribution in [1.82, 2.24) is 0 Å². The van der Waals surface area contributed by atoms with Crippen LogP contribution in [0.2, 0.25) is 0 Å². The first-order valence-electron chi connectivity index (χ1n) is 6.78. The second-order valence-electron chi connectivity index (χ2n) is 5.20. The molecule has 0 amide bonds. The molecule has 3 atom stereocenters. The largest absolute Gasteiger partial charge is 0.394 e. The van der Waals surface area contributed by atoms with Gasteiger partial charge in [0.25, 0.3) is 0 Å². The molecule has 0 spiro atoms. The minimum Gasteiger partial charge on any atom is -0.394 e. The van der Waals surface area contributed by atoms with Crippen molar-refractivity contribution in [3.8, 4) is 6.07 Å². The molecule has 0 bridgehead atoms. The van der Waals surface area contributed by atoms with Crippen molar-refractivity contribution >= 4 is 5.69 Å². The predicted molar refractivity (Wildman–Crippen MR) is 75.4 cm³/mol. The van der Waals surface area contributed by atoms with Crippen molar-refractivity contribution < 1.29 is 14.9 Å². The third-order valence-corrected chi connectivity index (χ3v) is 3.63. The molecule has 1 aliphatic heterocycles. The summed E-state index contributed by atoms with van der Waals surface area (Å²) in [5.74, 6) is 0. The summed E-state index contributed by atoms with van der Waals surface area (Å²) >= 11 is 0. The van der Waals surface area contributed by atoms with E-state index in [-0.39, 0.29) is 18.8 Å². The van der Waals surface area contributed by atoms with Gasteiger partial charge in [-0.15, -0.1) is 0 Å². The normalized spacial score (nSPS) is 24.2. The van der Waals surface area contributed by atoms with Crippen molar-refractivity contribution in [3.05, 3.63) is 29.3 Å². The van der Waals surface area contributed by atoms with Gasteiger partial charge in [-0.25, -0.2) is 0 Å². The lowest BCUT2D eigenvalue weighted by Gasteiger charge is -2.40. The summed E-state index contributed by atoms with van der Waals surface area (Å²) in [7, 11) is 0. The summed E-state index contributed by atoms with van der Waals surface area (Å²) < 4.78 is 5.53. The number of hydrogen-bond acceptors (Lipinski definition) is 5. The lowest BCUT2D eigenvalue weighted by Crippen LogP contribution is -2.50. The number of nitriles is 1. The fourth-order valence-corrected chi connectivity index (χ4v) is 2.48. The average molecular weight is 276 g/mol. The van der Waals surface area contributed by atoms with Crippen LogP contribution in [0.4, 0.5) is 5.69 Å². The summed E-state index contributed by atoms with van der Waals surface area (Å²) in [6.07, 6.45) is -0.848. The summed E-state index contributed by atoms with van der Waals surface area (Å²) in [6, 6.07) is 7.54. The lowest BCUT2D eigenvalue weighted by molar-refractivity contribution is -0.0104. The first kappa shape index (κ1) is 14.8. The molecule has 5 heteroatoms. The number of anilines is 1. The Morgan fingerprint density at radius 1 is 1.55 bits per heavy atom. The van der Waals surface area contributed by atoms with E-state index >= 15 is 0 Å². The van der Waals surface area contributed by atoms with Crippen molar-refractivity contribution in [3.63, 3.8) is 0 Å². The second kappa shape index (κ2) is 6.23. The molecule has 108 valence electrons. The van der Waals surface area contributed by atoms with Crippen molar-refractivity contribution in [2.45, 2.75) is 32.1 Å². The summed E-state index contributed by atoms with van der Waals surface area (Å²) in [5, 5.41) is 28.2. The van der Waals surface area contributed by atoms with Gasteiger partial charge < -0.3 is 19.8 Å². The molecule has 1 saturated heterocycles. The predicted octanol–water partition coefficient (Wildman–Crippen LogP) is 1.20. The number of aliphatic hydroxyl groups excluding tert-OH is 2. The summed E-state index contributed by atoms with van der Waals surface area (Å²) in [4.78, 5) is 2.09. The highest BCUT2D eigenvalue weighted by Crippen LogP contribution is 2.31. The number of rotatable bonds is 3. The van der Waals surface area contributed by atoms with Crippen LogP contribution >= 0.6 is 0 Å². The van der Waals surface area contributed by atoms with Crippen molar-refractivity contribution in [2.75, 3.05) is 24.7 Å². The molecular formula is C15H20N2O3. The summed E-state index contributed by atoms with van der Waals surface area (Å²) in [5.41, 5.74) is 2.19. The summed E-state index contributed by atoms with van der Waals surface area (Å²) in [6.45, 7) is 4.76. The average Bonchev–Trinajstić information content (AvgIpc) is 2.47. The maximum atomic E-state index is 9.92. The van der Waals surface area contributed by atoms with E-state index in [4.69, 9.17) is 10.00 Å². The van der Waals surface area contributed by atoms with E-state index in [9.17, 15) is 10.2 Å². The molecule has 0 aromatic heterocycles. The molecule has 5 nitrogen and oxygen atoms in total. The van der Waals surface area contributed by atoms with E-state index in [0.717, 1.165) is 11.3 Å². The van der Waals surface area contributed by atoms with Crippen LogP contribution in [-0.2, 0) is 4.74 Å².